The molecule has 0 atom stereocenters. The molecule has 3 amide bonds. The van der Waals surface area contributed by atoms with Crippen LogP contribution in [0, 0.1) is 0 Å². The molecule has 2 fully saturated rings. The summed E-state index contributed by atoms with van der Waals surface area (Å²) in [6.07, 6.45) is 1.62. The Kier molecular flexibility index (Phi) is 5.22. The maximum absolute atomic E-state index is 12.7. The van der Waals surface area contributed by atoms with Crippen molar-refractivity contribution in [1.29, 1.82) is 0 Å². The van der Waals surface area contributed by atoms with Gasteiger partial charge in [0.1, 0.15) is 11.4 Å². The lowest BCUT2D eigenvalue weighted by Gasteiger charge is -2.48. The van der Waals surface area contributed by atoms with Gasteiger partial charge >= 0.3 is 0 Å². The molecule has 0 spiro atoms. The van der Waals surface area contributed by atoms with Gasteiger partial charge in [0, 0.05) is 56.9 Å². The molecule has 3 aliphatic rings. The zero-order valence-corrected chi connectivity index (χ0v) is 18.7. The Morgan fingerprint density at radius 2 is 1.78 bits per heavy atom. The summed E-state index contributed by atoms with van der Waals surface area (Å²) in [4.78, 5) is 47.2. The van der Waals surface area contributed by atoms with Gasteiger partial charge in [-0.2, -0.15) is 0 Å². The minimum atomic E-state index is -3.99. The van der Waals surface area contributed by atoms with Gasteiger partial charge in [0.15, 0.2) is 5.01 Å². The van der Waals surface area contributed by atoms with Crippen molar-refractivity contribution in [2.45, 2.75) is 10.9 Å². The molecule has 0 N–H and O–H groups in total. The number of piperazine rings is 1. The third kappa shape index (κ3) is 3.48. The summed E-state index contributed by atoms with van der Waals surface area (Å²) in [5.41, 5.74) is 0.104. The molecule has 0 bridgehead atoms. The topological polar surface area (TPSA) is 111 Å². The summed E-state index contributed by atoms with van der Waals surface area (Å²) < 4.78 is 25.9. The Hall–Kier alpha value is -2.83. The van der Waals surface area contributed by atoms with Crippen molar-refractivity contribution in [2.24, 2.45) is 0 Å². The van der Waals surface area contributed by atoms with Crippen molar-refractivity contribution in [2.75, 3.05) is 45.8 Å². The minimum Gasteiger partial charge on any atom is -0.338 e. The second-order valence-corrected chi connectivity index (χ2v) is 10.7. The molecule has 168 valence electrons. The van der Waals surface area contributed by atoms with E-state index in [1.165, 1.54) is 23.5 Å². The number of hydrogen-bond acceptors (Lipinski definition) is 8. The molecule has 1 aromatic heterocycles. The van der Waals surface area contributed by atoms with Crippen molar-refractivity contribution >= 4 is 39.1 Å². The van der Waals surface area contributed by atoms with Crippen molar-refractivity contribution in [1.82, 2.24) is 24.0 Å². The fraction of sp³-hybridized carbons (Fsp3) is 0.400. The first-order valence-corrected chi connectivity index (χ1v) is 12.5. The number of hydrogen-bond donors (Lipinski definition) is 0. The highest BCUT2D eigenvalue weighted by Crippen LogP contribution is 2.30. The second-order valence-electron chi connectivity index (χ2n) is 7.93. The Morgan fingerprint density at radius 3 is 2.44 bits per heavy atom. The standard InChI is InChI=1S/C20H21N5O5S2/c26-17(13-25-19(27)15-3-1-2-4-16(15)32(25,29)30)24-11-14(12-24)22-6-8-23(9-7-22)20(28)18-21-5-10-31-18/h1-5,10,14H,6-9,11-13H2. The molecule has 0 radical (unpaired) electrons. The Labute approximate surface area is 189 Å². The SMILES string of the molecule is O=C(CN1C(=O)c2ccccc2S1(=O)=O)N1CC(N2CCN(C(=O)c3nccs3)CC2)C1. The molecular formula is C20H21N5O5S2. The number of carbonyl (C=O) groups is 3. The van der Waals surface area contributed by atoms with Crippen LogP contribution < -0.4 is 0 Å². The molecule has 4 heterocycles. The van der Waals surface area contributed by atoms with E-state index in [9.17, 15) is 22.8 Å². The van der Waals surface area contributed by atoms with Crippen LogP contribution in [0.1, 0.15) is 20.2 Å². The van der Waals surface area contributed by atoms with Gasteiger partial charge in [-0.3, -0.25) is 19.3 Å². The zero-order chi connectivity index (χ0) is 22.5. The fourth-order valence-corrected chi connectivity index (χ4v) is 6.38. The maximum Gasteiger partial charge on any atom is 0.282 e. The molecule has 2 aromatic rings. The Morgan fingerprint density at radius 1 is 1.06 bits per heavy atom. The summed E-state index contributed by atoms with van der Waals surface area (Å²) in [6, 6.07) is 6.16. The lowest BCUT2D eigenvalue weighted by atomic mass is 10.1. The molecule has 0 saturated carbocycles. The van der Waals surface area contributed by atoms with Gasteiger partial charge in [-0.05, 0) is 12.1 Å². The number of likely N-dealkylation sites (tertiary alicyclic amines) is 1. The summed E-state index contributed by atoms with van der Waals surface area (Å²) in [7, 11) is -3.99. The summed E-state index contributed by atoms with van der Waals surface area (Å²) in [5.74, 6) is -1.10. The van der Waals surface area contributed by atoms with E-state index in [4.69, 9.17) is 0 Å². The van der Waals surface area contributed by atoms with E-state index in [0.29, 0.717) is 48.6 Å². The van der Waals surface area contributed by atoms with E-state index in [0.717, 1.165) is 0 Å². The average molecular weight is 476 g/mol. The summed E-state index contributed by atoms with van der Waals surface area (Å²) in [5, 5.41) is 2.27. The fourth-order valence-electron chi connectivity index (χ4n) is 4.25. The van der Waals surface area contributed by atoms with Gasteiger partial charge in [-0.1, -0.05) is 12.1 Å². The lowest BCUT2D eigenvalue weighted by Crippen LogP contribution is -2.65. The zero-order valence-electron chi connectivity index (χ0n) is 17.1. The average Bonchev–Trinajstić information content (AvgIpc) is 3.36. The van der Waals surface area contributed by atoms with Crippen LogP contribution in [0.15, 0.2) is 40.7 Å². The van der Waals surface area contributed by atoms with Crippen LogP contribution in [0.5, 0.6) is 0 Å². The van der Waals surface area contributed by atoms with E-state index in [1.807, 2.05) is 0 Å². The molecule has 5 rings (SSSR count). The number of fused-ring (bicyclic) bond motifs is 1. The number of sulfonamides is 1. The van der Waals surface area contributed by atoms with Gasteiger partial charge in [-0.15, -0.1) is 11.3 Å². The van der Waals surface area contributed by atoms with Gasteiger partial charge in [0.25, 0.3) is 21.8 Å². The molecular weight excluding hydrogens is 454 g/mol. The number of aromatic nitrogens is 1. The Bertz CT molecular complexity index is 1170. The third-order valence-corrected chi connectivity index (χ3v) is 8.69. The predicted molar refractivity (Wildman–Crippen MR) is 115 cm³/mol. The quantitative estimate of drug-likeness (QED) is 0.610. The van der Waals surface area contributed by atoms with E-state index in [-0.39, 0.29) is 28.3 Å². The van der Waals surface area contributed by atoms with Crippen LogP contribution in [0.4, 0.5) is 0 Å². The van der Waals surface area contributed by atoms with Gasteiger partial charge < -0.3 is 9.80 Å². The van der Waals surface area contributed by atoms with E-state index in [2.05, 4.69) is 9.88 Å². The number of thiazole rings is 1. The molecule has 1 aromatic carbocycles. The van der Waals surface area contributed by atoms with Crippen LogP contribution in [-0.2, 0) is 14.8 Å². The molecule has 10 nitrogen and oxygen atoms in total. The molecule has 2 saturated heterocycles. The van der Waals surface area contributed by atoms with Crippen LogP contribution >= 0.6 is 11.3 Å². The summed E-state index contributed by atoms with van der Waals surface area (Å²) >= 11 is 1.33. The predicted octanol–water partition coefficient (Wildman–Crippen LogP) is -0.0436. The smallest absolute Gasteiger partial charge is 0.282 e. The summed E-state index contributed by atoms with van der Waals surface area (Å²) in [6.45, 7) is 3.08. The van der Waals surface area contributed by atoms with E-state index >= 15 is 0 Å². The van der Waals surface area contributed by atoms with Gasteiger partial charge in [0.2, 0.25) is 5.91 Å². The van der Waals surface area contributed by atoms with Crippen LogP contribution in [0.2, 0.25) is 0 Å². The highest BCUT2D eigenvalue weighted by molar-refractivity contribution is 7.90. The lowest BCUT2D eigenvalue weighted by molar-refractivity contribution is -0.138. The largest absolute Gasteiger partial charge is 0.338 e. The molecule has 0 aliphatic carbocycles. The number of amides is 3. The number of carbonyl (C=O) groups excluding carboxylic acids is 3. The molecule has 12 heteroatoms. The van der Waals surface area contributed by atoms with Crippen molar-refractivity contribution in [3.63, 3.8) is 0 Å². The number of rotatable bonds is 4. The Balaban J connectivity index is 1.13. The first-order valence-electron chi connectivity index (χ1n) is 10.2. The number of nitrogens with zero attached hydrogens (tertiary/aromatic N) is 5. The first-order chi connectivity index (χ1) is 15.4. The van der Waals surface area contributed by atoms with E-state index in [1.54, 1.807) is 33.5 Å². The number of benzene rings is 1. The van der Waals surface area contributed by atoms with Gasteiger partial charge in [-0.25, -0.2) is 17.7 Å². The molecule has 32 heavy (non-hydrogen) atoms. The van der Waals surface area contributed by atoms with Crippen LogP contribution in [-0.4, -0.2) is 102 Å². The first kappa shape index (κ1) is 21.0. The highest BCUT2D eigenvalue weighted by atomic mass is 32.2. The third-order valence-electron chi connectivity index (χ3n) is 6.14. The van der Waals surface area contributed by atoms with Gasteiger partial charge in [0.05, 0.1) is 5.56 Å². The highest BCUT2D eigenvalue weighted by Gasteiger charge is 2.44. The van der Waals surface area contributed by atoms with Crippen molar-refractivity contribution < 1.29 is 22.8 Å². The monoisotopic (exact) mass is 475 g/mol. The molecule has 3 aliphatic heterocycles. The second kappa shape index (κ2) is 7.94. The molecule has 0 unspecified atom stereocenters. The minimum absolute atomic E-state index is 0.0514. The van der Waals surface area contributed by atoms with Crippen LogP contribution in [0.25, 0.3) is 0 Å². The van der Waals surface area contributed by atoms with E-state index < -0.39 is 22.5 Å². The maximum atomic E-state index is 12.7. The van der Waals surface area contributed by atoms with Crippen molar-refractivity contribution in [3.8, 4) is 0 Å². The van der Waals surface area contributed by atoms with Crippen molar-refractivity contribution in [3.05, 3.63) is 46.4 Å². The normalized spacial score (nSPS) is 20.9. The van der Waals surface area contributed by atoms with Crippen LogP contribution in [0.3, 0.4) is 0 Å².